The summed E-state index contributed by atoms with van der Waals surface area (Å²) in [6.07, 6.45) is 4.99. The molecule has 0 unspecified atom stereocenters. The fraction of sp³-hybridized carbons (Fsp3) is 0.263. The van der Waals surface area contributed by atoms with Crippen molar-refractivity contribution in [1.29, 1.82) is 0 Å². The maximum Gasteiger partial charge on any atom is 0.226 e. The third-order valence-electron chi connectivity index (χ3n) is 4.08. The number of nitrogens with one attached hydrogen (secondary N) is 1. The number of hydrogen-bond acceptors (Lipinski definition) is 5. The van der Waals surface area contributed by atoms with E-state index in [1.807, 2.05) is 44.2 Å². The zero-order chi connectivity index (χ0) is 17.6. The number of amides is 1. The molecule has 0 saturated carbocycles. The van der Waals surface area contributed by atoms with Crippen LogP contribution >= 0.6 is 0 Å². The van der Waals surface area contributed by atoms with E-state index in [0.717, 1.165) is 22.4 Å². The van der Waals surface area contributed by atoms with Crippen LogP contribution in [0.15, 0.2) is 47.2 Å². The van der Waals surface area contributed by atoms with Gasteiger partial charge in [-0.15, -0.1) is 0 Å². The Labute approximate surface area is 146 Å². The number of aryl methyl sites for hydroxylation is 2. The van der Waals surface area contributed by atoms with Gasteiger partial charge in [0.2, 0.25) is 17.6 Å². The molecule has 25 heavy (non-hydrogen) atoms. The molecule has 1 N–H and O–H groups in total. The molecule has 2 aromatic heterocycles. The van der Waals surface area contributed by atoms with Crippen LogP contribution in [0.1, 0.15) is 29.9 Å². The number of carbonyl (C=O) groups is 1. The van der Waals surface area contributed by atoms with E-state index >= 15 is 0 Å². The quantitative estimate of drug-likeness (QED) is 0.742. The first-order chi connectivity index (χ1) is 12.1. The summed E-state index contributed by atoms with van der Waals surface area (Å²) in [6, 6.07) is 9.54. The van der Waals surface area contributed by atoms with Gasteiger partial charge in [-0.05, 0) is 49.6 Å². The van der Waals surface area contributed by atoms with Gasteiger partial charge in [0.1, 0.15) is 0 Å². The number of pyridine rings is 1. The molecular weight excluding hydrogens is 316 g/mol. The van der Waals surface area contributed by atoms with Gasteiger partial charge in [-0.1, -0.05) is 17.3 Å². The molecule has 0 atom stereocenters. The third-order valence-corrected chi connectivity index (χ3v) is 4.08. The third kappa shape index (κ3) is 4.29. The van der Waals surface area contributed by atoms with Crippen molar-refractivity contribution < 1.29 is 9.32 Å². The Balaban J connectivity index is 1.50. The molecule has 6 nitrogen and oxygen atoms in total. The molecule has 0 spiro atoms. The molecule has 1 aromatic carbocycles. The Morgan fingerprint density at radius 1 is 1.16 bits per heavy atom. The molecule has 3 aromatic rings. The second-order valence-corrected chi connectivity index (χ2v) is 5.90. The molecule has 0 bridgehead atoms. The van der Waals surface area contributed by atoms with Crippen LogP contribution in [0.4, 0.5) is 5.69 Å². The van der Waals surface area contributed by atoms with E-state index in [-0.39, 0.29) is 5.91 Å². The van der Waals surface area contributed by atoms with Crippen LogP contribution < -0.4 is 5.32 Å². The second kappa shape index (κ2) is 7.70. The summed E-state index contributed by atoms with van der Waals surface area (Å²) in [4.78, 5) is 20.4. The molecule has 1 amide bonds. The highest BCUT2D eigenvalue weighted by molar-refractivity contribution is 5.91. The van der Waals surface area contributed by atoms with Gasteiger partial charge in [-0.2, -0.15) is 4.98 Å². The average Bonchev–Trinajstić information content (AvgIpc) is 3.09. The van der Waals surface area contributed by atoms with E-state index in [0.29, 0.717) is 31.0 Å². The largest absolute Gasteiger partial charge is 0.339 e. The van der Waals surface area contributed by atoms with Gasteiger partial charge in [-0.25, -0.2) is 0 Å². The lowest BCUT2D eigenvalue weighted by Gasteiger charge is -2.09. The summed E-state index contributed by atoms with van der Waals surface area (Å²) < 4.78 is 5.24. The first kappa shape index (κ1) is 16.8. The number of rotatable bonds is 6. The molecule has 0 aliphatic heterocycles. The number of nitrogens with zero attached hydrogens (tertiary/aromatic N) is 3. The highest BCUT2D eigenvalue weighted by Gasteiger charge is 2.10. The predicted molar refractivity (Wildman–Crippen MR) is 95.0 cm³/mol. The van der Waals surface area contributed by atoms with E-state index in [1.54, 1.807) is 12.4 Å². The number of hydrogen-bond donors (Lipinski definition) is 1. The Kier molecular flexibility index (Phi) is 5.18. The van der Waals surface area contributed by atoms with Gasteiger partial charge >= 0.3 is 0 Å². The summed E-state index contributed by atoms with van der Waals surface area (Å²) in [5.74, 6) is 1.06. The van der Waals surface area contributed by atoms with Crippen molar-refractivity contribution >= 4 is 11.6 Å². The van der Waals surface area contributed by atoms with E-state index < -0.39 is 0 Å². The van der Waals surface area contributed by atoms with Crippen molar-refractivity contribution in [3.8, 4) is 11.4 Å². The highest BCUT2D eigenvalue weighted by atomic mass is 16.5. The van der Waals surface area contributed by atoms with Gasteiger partial charge in [0.05, 0.1) is 0 Å². The topological polar surface area (TPSA) is 80.9 Å². The van der Waals surface area contributed by atoms with Crippen LogP contribution in [0, 0.1) is 13.8 Å². The maximum atomic E-state index is 12.1. The lowest BCUT2D eigenvalue weighted by molar-refractivity contribution is -0.116. The summed E-state index contributed by atoms with van der Waals surface area (Å²) in [5, 5.41) is 6.91. The highest BCUT2D eigenvalue weighted by Crippen LogP contribution is 2.19. The molecule has 0 aliphatic rings. The fourth-order valence-corrected chi connectivity index (χ4v) is 2.47. The van der Waals surface area contributed by atoms with E-state index in [4.69, 9.17) is 4.52 Å². The van der Waals surface area contributed by atoms with Crippen molar-refractivity contribution in [3.05, 3.63) is 59.7 Å². The first-order valence-electron chi connectivity index (χ1n) is 8.22. The van der Waals surface area contributed by atoms with Gasteiger partial charge in [0.25, 0.3) is 0 Å². The zero-order valence-electron chi connectivity index (χ0n) is 14.3. The van der Waals surface area contributed by atoms with Crippen LogP contribution in [-0.2, 0) is 11.2 Å². The summed E-state index contributed by atoms with van der Waals surface area (Å²) in [6.45, 7) is 4.03. The first-order valence-corrected chi connectivity index (χ1v) is 8.22. The van der Waals surface area contributed by atoms with Crippen molar-refractivity contribution in [2.75, 3.05) is 5.32 Å². The van der Waals surface area contributed by atoms with E-state index in [1.165, 1.54) is 0 Å². The summed E-state index contributed by atoms with van der Waals surface area (Å²) in [7, 11) is 0. The predicted octanol–water partition coefficient (Wildman–Crippen LogP) is 3.71. The SMILES string of the molecule is Cc1cccc(NC(=O)CCCc2nc(-c3ccncc3)no2)c1C. The van der Waals surface area contributed by atoms with Gasteiger partial charge in [0, 0.05) is 36.5 Å². The lowest BCUT2D eigenvalue weighted by Crippen LogP contribution is -2.12. The van der Waals surface area contributed by atoms with Gasteiger partial charge in [-0.3, -0.25) is 9.78 Å². The van der Waals surface area contributed by atoms with Crippen LogP contribution in [0.2, 0.25) is 0 Å². The van der Waals surface area contributed by atoms with Crippen LogP contribution in [0.5, 0.6) is 0 Å². The summed E-state index contributed by atoms with van der Waals surface area (Å²) in [5.41, 5.74) is 3.97. The van der Waals surface area contributed by atoms with Crippen molar-refractivity contribution in [2.45, 2.75) is 33.1 Å². The fourth-order valence-electron chi connectivity index (χ4n) is 2.47. The van der Waals surface area contributed by atoms with E-state index in [9.17, 15) is 4.79 Å². The Hall–Kier alpha value is -3.02. The Morgan fingerprint density at radius 2 is 1.96 bits per heavy atom. The number of benzene rings is 1. The van der Waals surface area contributed by atoms with Crippen LogP contribution in [0.25, 0.3) is 11.4 Å². The van der Waals surface area contributed by atoms with Crippen LogP contribution in [-0.4, -0.2) is 21.0 Å². The maximum absolute atomic E-state index is 12.1. The normalized spacial score (nSPS) is 10.6. The molecule has 3 rings (SSSR count). The molecule has 0 aliphatic carbocycles. The summed E-state index contributed by atoms with van der Waals surface area (Å²) >= 11 is 0. The minimum Gasteiger partial charge on any atom is -0.339 e. The molecule has 6 heteroatoms. The van der Waals surface area contributed by atoms with Crippen LogP contribution in [0.3, 0.4) is 0 Å². The number of anilines is 1. The molecular formula is C19H20N4O2. The smallest absolute Gasteiger partial charge is 0.226 e. The Bertz CT molecular complexity index is 859. The van der Waals surface area contributed by atoms with Gasteiger partial charge < -0.3 is 9.84 Å². The number of aromatic nitrogens is 3. The van der Waals surface area contributed by atoms with Crippen molar-refractivity contribution in [2.24, 2.45) is 0 Å². The standard InChI is InChI=1S/C19H20N4O2/c1-13-5-3-6-16(14(13)2)21-17(24)7-4-8-18-22-19(23-25-18)15-9-11-20-12-10-15/h3,5-6,9-12H,4,7-8H2,1-2H3,(H,21,24). The van der Waals surface area contributed by atoms with Gasteiger partial charge in [0.15, 0.2) is 0 Å². The van der Waals surface area contributed by atoms with Crippen molar-refractivity contribution in [1.82, 2.24) is 15.1 Å². The average molecular weight is 336 g/mol. The van der Waals surface area contributed by atoms with E-state index in [2.05, 4.69) is 20.4 Å². The Morgan fingerprint density at radius 3 is 2.76 bits per heavy atom. The minimum atomic E-state index is -0.0115. The molecule has 2 heterocycles. The zero-order valence-corrected chi connectivity index (χ0v) is 14.3. The molecule has 0 radical (unpaired) electrons. The monoisotopic (exact) mass is 336 g/mol. The minimum absolute atomic E-state index is 0.0115. The second-order valence-electron chi connectivity index (χ2n) is 5.90. The van der Waals surface area contributed by atoms with Crippen molar-refractivity contribution in [3.63, 3.8) is 0 Å². The number of carbonyl (C=O) groups excluding carboxylic acids is 1. The molecule has 0 fully saturated rings. The molecule has 128 valence electrons. The lowest BCUT2D eigenvalue weighted by atomic mass is 10.1. The molecule has 0 saturated heterocycles.